The van der Waals surface area contributed by atoms with Gasteiger partial charge in [-0.05, 0) is 13.0 Å². The summed E-state index contributed by atoms with van der Waals surface area (Å²) in [5.74, 6) is 0.739. The number of hydrogen-bond donors (Lipinski definition) is 0. The molecule has 0 bridgehead atoms. The Balaban J connectivity index is 2.11. The van der Waals surface area contributed by atoms with E-state index in [9.17, 15) is 0 Å². The molecule has 0 N–H and O–H groups in total. The molecule has 6 heteroatoms. The molecule has 16 heavy (non-hydrogen) atoms. The minimum absolute atomic E-state index is 0.681. The van der Waals surface area contributed by atoms with Crippen molar-refractivity contribution >= 4 is 23.4 Å². The Labute approximate surface area is 103 Å². The highest BCUT2D eigenvalue weighted by atomic mass is 35.5. The highest BCUT2D eigenvalue weighted by Gasteiger charge is 2.11. The van der Waals surface area contributed by atoms with Gasteiger partial charge >= 0.3 is 0 Å². The maximum absolute atomic E-state index is 6.13. The molecule has 0 saturated heterocycles. The normalized spacial score (nSPS) is 10.7. The van der Waals surface area contributed by atoms with Gasteiger partial charge in [0.15, 0.2) is 5.16 Å². The van der Waals surface area contributed by atoms with Crippen molar-refractivity contribution in [3.05, 3.63) is 34.9 Å². The first-order chi connectivity index (χ1) is 7.68. The smallest absolute Gasteiger partial charge is 0.187 e. The first kappa shape index (κ1) is 11.4. The van der Waals surface area contributed by atoms with Gasteiger partial charge in [-0.1, -0.05) is 23.4 Å². The van der Waals surface area contributed by atoms with Crippen LogP contribution in [0, 0.1) is 6.92 Å². The van der Waals surface area contributed by atoms with E-state index in [1.807, 2.05) is 14.0 Å². The first-order valence-electron chi connectivity index (χ1n) is 4.76. The van der Waals surface area contributed by atoms with Crippen LogP contribution in [0.15, 0.2) is 23.6 Å². The molecular weight excluding hydrogens is 244 g/mol. The summed E-state index contributed by atoms with van der Waals surface area (Å²) in [5.41, 5.74) is 2.00. The number of aromatic nitrogens is 4. The molecule has 0 fully saturated rings. The second-order valence-corrected chi connectivity index (χ2v) is 4.60. The maximum atomic E-state index is 6.13. The Hall–Kier alpha value is -1.07. The highest BCUT2D eigenvalue weighted by Crippen LogP contribution is 2.26. The van der Waals surface area contributed by atoms with E-state index in [2.05, 4.69) is 15.1 Å². The van der Waals surface area contributed by atoms with E-state index in [1.165, 1.54) is 0 Å². The van der Waals surface area contributed by atoms with Gasteiger partial charge in [-0.25, -0.2) is 9.97 Å². The summed E-state index contributed by atoms with van der Waals surface area (Å²) < 4.78 is 1.68. The number of rotatable bonds is 3. The summed E-state index contributed by atoms with van der Waals surface area (Å²) in [4.78, 5) is 8.28. The Morgan fingerprint density at radius 1 is 1.38 bits per heavy atom. The van der Waals surface area contributed by atoms with Crippen molar-refractivity contribution in [3.63, 3.8) is 0 Å². The van der Waals surface area contributed by atoms with Gasteiger partial charge < -0.3 is 0 Å². The average Bonchev–Trinajstić information content (AvgIpc) is 2.53. The lowest BCUT2D eigenvalue weighted by atomic mass is 10.3. The largest absolute Gasteiger partial charge is 0.257 e. The van der Waals surface area contributed by atoms with Gasteiger partial charge in [-0.3, -0.25) is 4.68 Å². The van der Waals surface area contributed by atoms with E-state index in [1.54, 1.807) is 34.9 Å². The number of hydrogen-bond acceptors (Lipinski definition) is 4. The van der Waals surface area contributed by atoms with Crippen LogP contribution in [0.3, 0.4) is 0 Å². The third-order valence-electron chi connectivity index (χ3n) is 2.16. The molecule has 0 saturated carbocycles. The molecule has 0 aliphatic heterocycles. The summed E-state index contributed by atoms with van der Waals surface area (Å²) in [7, 11) is 1.84. The molecule has 0 atom stereocenters. The van der Waals surface area contributed by atoms with Crippen molar-refractivity contribution in [2.24, 2.45) is 7.05 Å². The second kappa shape index (κ2) is 4.84. The van der Waals surface area contributed by atoms with E-state index >= 15 is 0 Å². The summed E-state index contributed by atoms with van der Waals surface area (Å²) in [5, 5.41) is 5.69. The fourth-order valence-corrected chi connectivity index (χ4v) is 2.54. The van der Waals surface area contributed by atoms with E-state index in [-0.39, 0.29) is 0 Å². The van der Waals surface area contributed by atoms with Crippen LogP contribution in [-0.2, 0) is 12.8 Å². The van der Waals surface area contributed by atoms with E-state index in [4.69, 9.17) is 11.6 Å². The molecule has 2 heterocycles. The molecule has 0 spiro atoms. The Morgan fingerprint density at radius 3 is 2.62 bits per heavy atom. The molecule has 0 unspecified atom stereocenters. The summed E-state index contributed by atoms with van der Waals surface area (Å²) >= 11 is 7.68. The second-order valence-electron chi connectivity index (χ2n) is 3.30. The molecule has 2 aromatic rings. The first-order valence-corrected chi connectivity index (χ1v) is 6.12. The lowest BCUT2D eigenvalue weighted by Gasteiger charge is -1.99. The minimum atomic E-state index is 0.681. The Bertz CT molecular complexity index is 483. The zero-order chi connectivity index (χ0) is 11.5. The highest BCUT2D eigenvalue weighted by molar-refractivity contribution is 7.98. The van der Waals surface area contributed by atoms with Crippen molar-refractivity contribution in [1.82, 2.24) is 19.7 Å². The minimum Gasteiger partial charge on any atom is -0.257 e. The third kappa shape index (κ3) is 2.36. The van der Waals surface area contributed by atoms with Crippen LogP contribution in [0.1, 0.15) is 11.3 Å². The standard InChI is InChI=1S/C10H11ClN4S/c1-7-8(9(11)15(2)14-7)6-16-10-12-4-3-5-13-10/h3-5H,6H2,1-2H3. The topological polar surface area (TPSA) is 43.6 Å². The number of aryl methyl sites for hydroxylation is 2. The Kier molecular flexibility index (Phi) is 3.46. The fraction of sp³-hybridized carbons (Fsp3) is 0.300. The molecule has 0 aliphatic rings. The zero-order valence-corrected chi connectivity index (χ0v) is 10.6. The lowest BCUT2D eigenvalue weighted by molar-refractivity contribution is 0.757. The quantitative estimate of drug-likeness (QED) is 0.623. The molecule has 0 amide bonds. The number of thioether (sulfide) groups is 1. The monoisotopic (exact) mass is 254 g/mol. The van der Waals surface area contributed by atoms with Crippen molar-refractivity contribution < 1.29 is 0 Å². The van der Waals surface area contributed by atoms with E-state index < -0.39 is 0 Å². The summed E-state index contributed by atoms with van der Waals surface area (Å²) in [6.45, 7) is 1.95. The van der Waals surface area contributed by atoms with Crippen molar-refractivity contribution in [3.8, 4) is 0 Å². The molecule has 0 radical (unpaired) electrons. The lowest BCUT2D eigenvalue weighted by Crippen LogP contribution is -1.89. The van der Waals surface area contributed by atoms with Crippen LogP contribution < -0.4 is 0 Å². The number of halogens is 1. The molecule has 84 valence electrons. The van der Waals surface area contributed by atoms with Gasteiger partial charge in [0.2, 0.25) is 0 Å². The van der Waals surface area contributed by atoms with E-state index in [0.717, 1.165) is 22.2 Å². The van der Waals surface area contributed by atoms with Gasteiger partial charge in [-0.2, -0.15) is 5.10 Å². The predicted molar refractivity (Wildman–Crippen MR) is 64.5 cm³/mol. The van der Waals surface area contributed by atoms with Crippen molar-refractivity contribution in [2.45, 2.75) is 17.8 Å². The van der Waals surface area contributed by atoms with Gasteiger partial charge in [0.05, 0.1) is 5.69 Å². The maximum Gasteiger partial charge on any atom is 0.187 e. The SMILES string of the molecule is Cc1nn(C)c(Cl)c1CSc1ncccn1. The molecule has 4 nitrogen and oxygen atoms in total. The average molecular weight is 255 g/mol. The molecule has 2 rings (SSSR count). The van der Waals surface area contributed by atoms with Gasteiger partial charge in [0.25, 0.3) is 0 Å². The molecule has 2 aromatic heterocycles. The predicted octanol–water partition coefficient (Wildman–Crippen LogP) is 2.46. The van der Waals surface area contributed by atoms with Crippen LogP contribution in [0.2, 0.25) is 5.15 Å². The molecule has 0 aromatic carbocycles. The van der Waals surface area contributed by atoms with Crippen LogP contribution >= 0.6 is 23.4 Å². The van der Waals surface area contributed by atoms with Crippen LogP contribution in [0.5, 0.6) is 0 Å². The van der Waals surface area contributed by atoms with Crippen LogP contribution in [-0.4, -0.2) is 19.7 Å². The summed E-state index contributed by atoms with van der Waals surface area (Å²) in [6.07, 6.45) is 3.46. The van der Waals surface area contributed by atoms with Gasteiger partial charge in [0.1, 0.15) is 5.15 Å². The van der Waals surface area contributed by atoms with Crippen molar-refractivity contribution in [1.29, 1.82) is 0 Å². The van der Waals surface area contributed by atoms with E-state index in [0.29, 0.717) is 5.15 Å². The third-order valence-corrected chi connectivity index (χ3v) is 3.53. The van der Waals surface area contributed by atoms with Gasteiger partial charge in [-0.15, -0.1) is 0 Å². The van der Waals surface area contributed by atoms with Crippen molar-refractivity contribution in [2.75, 3.05) is 0 Å². The zero-order valence-electron chi connectivity index (χ0n) is 9.01. The van der Waals surface area contributed by atoms with Crippen LogP contribution in [0.25, 0.3) is 0 Å². The fourth-order valence-electron chi connectivity index (χ4n) is 1.33. The molecular formula is C10H11ClN4S. The van der Waals surface area contributed by atoms with Gasteiger partial charge in [0, 0.05) is 30.8 Å². The number of nitrogens with zero attached hydrogens (tertiary/aromatic N) is 4. The Morgan fingerprint density at radius 2 is 2.06 bits per heavy atom. The molecule has 0 aliphatic carbocycles. The summed E-state index contributed by atoms with van der Waals surface area (Å²) in [6, 6.07) is 1.80. The van der Waals surface area contributed by atoms with Crippen LogP contribution in [0.4, 0.5) is 0 Å².